The molecule has 0 amide bonds. The molecule has 0 saturated heterocycles. The van der Waals surface area contributed by atoms with Gasteiger partial charge in [-0.25, -0.2) is 4.39 Å². The van der Waals surface area contributed by atoms with Gasteiger partial charge in [0.15, 0.2) is 0 Å². The molecule has 0 fully saturated rings. The van der Waals surface area contributed by atoms with E-state index in [0.717, 1.165) is 25.7 Å². The number of unbranched alkanes of at least 4 members (excludes halogenated alkanes) is 4. The molecule has 2 unspecified atom stereocenters. The Hall–Kier alpha value is -0.320. The minimum atomic E-state index is -6.09. The van der Waals surface area contributed by atoms with Crippen LogP contribution in [0.25, 0.3) is 0 Å². The van der Waals surface area contributed by atoms with E-state index in [2.05, 4.69) is 9.37 Å². The standard InChI is InChI=1S/C21H33F7O7S.Na/c1-3-5-10-15(4-2)14-33-17(29)13-16(36-35-34-31)18(30)32-12-9-7-6-8-11-19(22,20(23,24)25)21(26,27)28;/h15-16,31H,3-14H2,1-2H3;/q;+1/p-1. The molecule has 0 aliphatic rings. The molecule has 0 saturated carbocycles. The van der Waals surface area contributed by atoms with E-state index in [1.807, 2.05) is 13.8 Å². The monoisotopic (exact) mass is 584 g/mol. The first kappa shape index (κ1) is 38.8. The van der Waals surface area contributed by atoms with Crippen LogP contribution in [0.3, 0.4) is 0 Å². The Morgan fingerprint density at radius 3 is 2.00 bits per heavy atom. The van der Waals surface area contributed by atoms with Crippen LogP contribution in [0.2, 0.25) is 0 Å². The van der Waals surface area contributed by atoms with E-state index in [9.17, 15) is 45.6 Å². The van der Waals surface area contributed by atoms with Crippen molar-refractivity contribution >= 4 is 24.0 Å². The van der Waals surface area contributed by atoms with Gasteiger partial charge >= 0.3 is 53.8 Å². The molecule has 0 spiro atoms. The van der Waals surface area contributed by atoms with E-state index in [0.29, 0.717) is 0 Å². The molecular weight excluding hydrogens is 552 g/mol. The van der Waals surface area contributed by atoms with Gasteiger partial charge in [-0.1, -0.05) is 46.0 Å². The van der Waals surface area contributed by atoms with E-state index in [4.69, 9.17) is 9.47 Å². The molecule has 0 aromatic carbocycles. The van der Waals surface area contributed by atoms with Crippen molar-refractivity contribution in [2.24, 2.45) is 5.92 Å². The summed E-state index contributed by atoms with van der Waals surface area (Å²) in [5.74, 6) is -1.55. The second kappa shape index (κ2) is 19.7. The van der Waals surface area contributed by atoms with Crippen molar-refractivity contribution in [1.29, 1.82) is 0 Å². The fourth-order valence-corrected chi connectivity index (χ4v) is 3.55. The number of rotatable bonds is 19. The Bertz CT molecular complexity index is 625. The third-order valence-electron chi connectivity index (χ3n) is 5.38. The maximum Gasteiger partial charge on any atom is 1.00 e. The van der Waals surface area contributed by atoms with Crippen LogP contribution in [0.1, 0.15) is 78.1 Å². The Morgan fingerprint density at radius 1 is 0.892 bits per heavy atom. The summed E-state index contributed by atoms with van der Waals surface area (Å²) in [6, 6.07) is 0. The average molecular weight is 585 g/mol. The number of hydrogen-bond donors (Lipinski definition) is 0. The summed E-state index contributed by atoms with van der Waals surface area (Å²) >= 11 is 0.226. The van der Waals surface area contributed by atoms with Gasteiger partial charge in [0.05, 0.1) is 19.6 Å². The summed E-state index contributed by atoms with van der Waals surface area (Å²) < 4.78 is 103. The SMILES string of the molecule is CCCCC(CC)COC(=O)CC(SOO[O-])C(=O)OCCCCCCC(F)(C(F)(F)F)C(F)(F)F.[Na+]. The number of ether oxygens (including phenoxy) is 2. The third kappa shape index (κ3) is 15.2. The molecule has 0 aromatic rings. The normalized spacial score (nSPS) is 14.0. The van der Waals surface area contributed by atoms with Gasteiger partial charge in [-0.15, -0.1) is 0 Å². The maximum atomic E-state index is 13.6. The Balaban J connectivity index is 0. The minimum absolute atomic E-state index is 0. The van der Waals surface area contributed by atoms with Crippen LogP contribution in [0.5, 0.6) is 0 Å². The molecule has 2 atom stereocenters. The molecular formula is C21H32F7NaO7S. The van der Waals surface area contributed by atoms with Crippen LogP contribution in [0.4, 0.5) is 30.7 Å². The molecule has 0 rings (SSSR count). The number of hydrogen-bond acceptors (Lipinski definition) is 8. The number of halogens is 7. The zero-order valence-corrected chi connectivity index (χ0v) is 23.9. The molecule has 0 aromatic heterocycles. The van der Waals surface area contributed by atoms with E-state index in [1.165, 1.54) is 0 Å². The van der Waals surface area contributed by atoms with Crippen molar-refractivity contribution in [3.63, 3.8) is 0 Å². The van der Waals surface area contributed by atoms with Crippen LogP contribution in [-0.4, -0.2) is 48.4 Å². The largest absolute Gasteiger partial charge is 1.00 e. The Kier molecular flexibility index (Phi) is 20.7. The Morgan fingerprint density at radius 2 is 1.49 bits per heavy atom. The molecule has 37 heavy (non-hydrogen) atoms. The van der Waals surface area contributed by atoms with Gasteiger partial charge < -0.3 is 14.7 Å². The second-order valence-corrected chi connectivity index (χ2v) is 9.05. The zero-order chi connectivity index (χ0) is 27.8. The smallest absolute Gasteiger partial charge is 0.691 e. The summed E-state index contributed by atoms with van der Waals surface area (Å²) in [7, 11) is 0. The van der Waals surface area contributed by atoms with Crippen LogP contribution in [0, 0.1) is 5.92 Å². The first-order chi connectivity index (χ1) is 16.7. The predicted molar refractivity (Wildman–Crippen MR) is 112 cm³/mol. The van der Waals surface area contributed by atoms with Crippen LogP contribution in [0.15, 0.2) is 0 Å². The van der Waals surface area contributed by atoms with Gasteiger partial charge in [0.2, 0.25) is 0 Å². The topological polar surface area (TPSA) is 94.1 Å². The van der Waals surface area contributed by atoms with Crippen LogP contribution in [-0.2, 0) is 28.4 Å². The van der Waals surface area contributed by atoms with Crippen molar-refractivity contribution < 1.29 is 94.0 Å². The molecule has 16 heteroatoms. The van der Waals surface area contributed by atoms with Gasteiger partial charge in [-0.3, -0.25) is 14.6 Å². The van der Waals surface area contributed by atoms with Gasteiger partial charge in [-0.2, -0.15) is 30.7 Å². The van der Waals surface area contributed by atoms with Crippen molar-refractivity contribution in [3.05, 3.63) is 0 Å². The first-order valence-corrected chi connectivity index (χ1v) is 12.3. The Labute approximate surface area is 237 Å². The molecule has 0 bridgehead atoms. The summed E-state index contributed by atoms with van der Waals surface area (Å²) in [5.41, 5.74) is -5.29. The third-order valence-corrected chi connectivity index (χ3v) is 6.11. The zero-order valence-electron chi connectivity index (χ0n) is 21.1. The molecule has 214 valence electrons. The molecule has 0 aliphatic carbocycles. The maximum absolute atomic E-state index is 13.6. The number of carbonyl (C=O) groups excluding carboxylic acids is 2. The quantitative estimate of drug-likeness (QED) is 0.0436. The van der Waals surface area contributed by atoms with Gasteiger partial charge in [-0.05, 0) is 31.6 Å². The van der Waals surface area contributed by atoms with Gasteiger partial charge in [0.25, 0.3) is 5.67 Å². The summed E-state index contributed by atoms with van der Waals surface area (Å²) in [6.07, 6.45) is -11.6. The number of alkyl halides is 7. The molecule has 7 nitrogen and oxygen atoms in total. The average Bonchev–Trinajstić information content (AvgIpc) is 2.79. The second-order valence-electron chi connectivity index (χ2n) is 8.15. The first-order valence-electron chi connectivity index (χ1n) is 11.5. The molecule has 0 radical (unpaired) electrons. The summed E-state index contributed by atoms with van der Waals surface area (Å²) in [4.78, 5) is 24.3. The molecule has 0 aliphatic heterocycles. The van der Waals surface area contributed by atoms with E-state index >= 15 is 0 Å². The van der Waals surface area contributed by atoms with Crippen LogP contribution < -0.4 is 34.8 Å². The van der Waals surface area contributed by atoms with E-state index in [-0.39, 0.29) is 80.0 Å². The number of carbonyl (C=O) groups is 2. The van der Waals surface area contributed by atoms with Crippen molar-refractivity contribution in [2.45, 2.75) is 101 Å². The molecule has 0 N–H and O–H groups in total. The fourth-order valence-electron chi connectivity index (χ4n) is 3.07. The van der Waals surface area contributed by atoms with E-state index in [1.54, 1.807) is 0 Å². The van der Waals surface area contributed by atoms with Crippen molar-refractivity contribution in [1.82, 2.24) is 0 Å². The predicted octanol–water partition coefficient (Wildman–Crippen LogP) is 2.71. The van der Waals surface area contributed by atoms with Gasteiger partial charge in [0.1, 0.15) is 5.25 Å². The van der Waals surface area contributed by atoms with Crippen molar-refractivity contribution in [3.8, 4) is 0 Å². The van der Waals surface area contributed by atoms with Crippen LogP contribution >= 0.6 is 12.0 Å². The summed E-state index contributed by atoms with van der Waals surface area (Å²) in [5, 5.41) is 11.9. The molecule has 0 heterocycles. The van der Waals surface area contributed by atoms with E-state index < -0.39 is 54.5 Å². The fraction of sp³-hybridized carbons (Fsp3) is 0.905. The number of esters is 2. The van der Waals surface area contributed by atoms with Gasteiger partial charge in [0, 0.05) is 12.0 Å². The minimum Gasteiger partial charge on any atom is -0.691 e. The van der Waals surface area contributed by atoms with Crippen molar-refractivity contribution in [2.75, 3.05) is 13.2 Å². The summed E-state index contributed by atoms with van der Waals surface area (Å²) in [6.45, 7) is 3.85.